The Morgan fingerprint density at radius 3 is 2.44 bits per heavy atom. The second-order valence-corrected chi connectivity index (χ2v) is 7.41. The van der Waals surface area contributed by atoms with E-state index in [2.05, 4.69) is 14.7 Å². The summed E-state index contributed by atoms with van der Waals surface area (Å²) in [6.07, 6.45) is 0.174. The van der Waals surface area contributed by atoms with Gasteiger partial charge in [0.15, 0.2) is 0 Å². The number of benzene rings is 1. The highest BCUT2D eigenvalue weighted by Gasteiger charge is 2.31. The topological polar surface area (TPSA) is 72.0 Å². The molecule has 0 aliphatic rings. The van der Waals surface area contributed by atoms with Gasteiger partial charge in [-0.3, -0.25) is 9.97 Å². The summed E-state index contributed by atoms with van der Waals surface area (Å²) in [6, 6.07) is 10.6. The van der Waals surface area contributed by atoms with E-state index in [1.165, 1.54) is 6.20 Å². The monoisotopic (exact) mass is 393 g/mol. The Kier molecular flexibility index (Phi) is 5.24. The molecule has 140 valence electrons. The van der Waals surface area contributed by atoms with Crippen molar-refractivity contribution in [1.82, 2.24) is 14.7 Å². The molecule has 1 aromatic carbocycles. The van der Waals surface area contributed by atoms with Crippen molar-refractivity contribution in [3.8, 4) is 11.3 Å². The lowest BCUT2D eigenvalue weighted by atomic mass is 10.1. The Balaban J connectivity index is 1.72. The first kappa shape index (κ1) is 19.0. The molecule has 0 aliphatic heterocycles. The Morgan fingerprint density at radius 2 is 1.81 bits per heavy atom. The first-order valence-corrected chi connectivity index (χ1v) is 9.26. The van der Waals surface area contributed by atoms with Gasteiger partial charge in [0.1, 0.15) is 0 Å². The van der Waals surface area contributed by atoms with E-state index < -0.39 is 26.7 Å². The molecule has 0 amide bonds. The molecular formula is C18H14F3N3O2S. The van der Waals surface area contributed by atoms with Crippen LogP contribution in [-0.4, -0.2) is 18.4 Å². The fourth-order valence-corrected chi connectivity index (χ4v) is 3.38. The average Bonchev–Trinajstić information content (AvgIpc) is 2.67. The van der Waals surface area contributed by atoms with Gasteiger partial charge in [-0.05, 0) is 42.0 Å². The number of hydrogen-bond donors (Lipinski definition) is 1. The van der Waals surface area contributed by atoms with Crippen LogP contribution in [0.4, 0.5) is 13.2 Å². The van der Waals surface area contributed by atoms with Crippen LogP contribution in [0.15, 0.2) is 72.0 Å². The van der Waals surface area contributed by atoms with Gasteiger partial charge < -0.3 is 0 Å². The zero-order valence-electron chi connectivity index (χ0n) is 13.8. The van der Waals surface area contributed by atoms with Gasteiger partial charge in [0.2, 0.25) is 10.0 Å². The van der Waals surface area contributed by atoms with Crippen LogP contribution < -0.4 is 4.72 Å². The van der Waals surface area contributed by atoms with Gasteiger partial charge in [0.25, 0.3) is 0 Å². The third-order valence-corrected chi connectivity index (χ3v) is 5.12. The summed E-state index contributed by atoms with van der Waals surface area (Å²) in [7, 11) is -4.09. The van der Waals surface area contributed by atoms with Gasteiger partial charge in [0, 0.05) is 30.7 Å². The minimum absolute atomic E-state index is 0.0983. The molecule has 2 heterocycles. The van der Waals surface area contributed by atoms with Gasteiger partial charge in [-0.2, -0.15) is 13.2 Å². The molecule has 0 saturated carbocycles. The van der Waals surface area contributed by atoms with Gasteiger partial charge in [-0.15, -0.1) is 0 Å². The van der Waals surface area contributed by atoms with Crippen molar-refractivity contribution in [2.24, 2.45) is 0 Å². The summed E-state index contributed by atoms with van der Waals surface area (Å²) >= 11 is 0. The number of aromatic nitrogens is 2. The largest absolute Gasteiger partial charge is 0.416 e. The van der Waals surface area contributed by atoms with Crippen molar-refractivity contribution in [1.29, 1.82) is 0 Å². The summed E-state index contributed by atoms with van der Waals surface area (Å²) in [5, 5.41) is 0. The van der Waals surface area contributed by atoms with E-state index in [9.17, 15) is 21.6 Å². The van der Waals surface area contributed by atoms with Gasteiger partial charge in [-0.25, -0.2) is 13.1 Å². The number of halogens is 3. The minimum atomic E-state index is -4.61. The molecule has 3 rings (SSSR count). The molecule has 27 heavy (non-hydrogen) atoms. The van der Waals surface area contributed by atoms with Crippen LogP contribution in [0.2, 0.25) is 0 Å². The number of rotatable bonds is 5. The molecule has 0 bridgehead atoms. The molecule has 1 N–H and O–H groups in total. The highest BCUT2D eigenvalue weighted by Crippen LogP contribution is 2.30. The summed E-state index contributed by atoms with van der Waals surface area (Å²) in [6.45, 7) is -0.0983. The predicted molar refractivity (Wildman–Crippen MR) is 92.9 cm³/mol. The van der Waals surface area contributed by atoms with Crippen molar-refractivity contribution in [2.75, 3.05) is 0 Å². The van der Waals surface area contributed by atoms with Gasteiger partial charge in [0.05, 0.1) is 16.2 Å². The van der Waals surface area contributed by atoms with Crippen molar-refractivity contribution >= 4 is 10.0 Å². The molecule has 0 unspecified atom stereocenters. The molecule has 5 nitrogen and oxygen atoms in total. The molecule has 0 spiro atoms. The Labute approximate surface area is 154 Å². The number of hydrogen-bond acceptors (Lipinski definition) is 4. The normalized spacial score (nSPS) is 12.1. The molecule has 0 atom stereocenters. The first-order chi connectivity index (χ1) is 12.8. The van der Waals surface area contributed by atoms with Crippen LogP contribution in [0, 0.1) is 0 Å². The second kappa shape index (κ2) is 7.45. The first-order valence-electron chi connectivity index (χ1n) is 7.78. The number of sulfonamides is 1. The van der Waals surface area contributed by atoms with Crippen molar-refractivity contribution in [3.63, 3.8) is 0 Å². The number of alkyl halides is 3. The number of nitrogens with one attached hydrogen (secondary N) is 1. The zero-order valence-corrected chi connectivity index (χ0v) is 14.6. The molecule has 0 aliphatic carbocycles. The van der Waals surface area contributed by atoms with E-state index in [0.29, 0.717) is 17.3 Å². The van der Waals surface area contributed by atoms with Crippen LogP contribution >= 0.6 is 0 Å². The quantitative estimate of drug-likeness (QED) is 0.718. The minimum Gasteiger partial charge on any atom is -0.264 e. The van der Waals surface area contributed by atoms with E-state index in [0.717, 1.165) is 23.8 Å². The van der Waals surface area contributed by atoms with Crippen molar-refractivity contribution in [3.05, 3.63) is 78.2 Å². The molecule has 9 heteroatoms. The average molecular weight is 393 g/mol. The Hall–Kier alpha value is -2.78. The summed E-state index contributed by atoms with van der Waals surface area (Å²) in [4.78, 5) is 7.80. The summed E-state index contributed by atoms with van der Waals surface area (Å²) < 4.78 is 65.1. The SMILES string of the molecule is O=S(=O)(NCc1ccc(-c2cccnc2)nc1)c1cccc(C(F)(F)F)c1. The fraction of sp³-hybridized carbons (Fsp3) is 0.111. The highest BCUT2D eigenvalue weighted by atomic mass is 32.2. The second-order valence-electron chi connectivity index (χ2n) is 5.64. The highest BCUT2D eigenvalue weighted by molar-refractivity contribution is 7.89. The number of pyridine rings is 2. The lowest BCUT2D eigenvalue weighted by molar-refractivity contribution is -0.137. The number of nitrogens with zero attached hydrogens (tertiary/aromatic N) is 2. The maximum absolute atomic E-state index is 12.8. The molecule has 3 aromatic rings. The van der Waals surface area contributed by atoms with Gasteiger partial charge in [-0.1, -0.05) is 12.1 Å². The van der Waals surface area contributed by atoms with Gasteiger partial charge >= 0.3 is 6.18 Å². The third-order valence-electron chi connectivity index (χ3n) is 3.72. The van der Waals surface area contributed by atoms with Crippen LogP contribution in [0.25, 0.3) is 11.3 Å². The van der Waals surface area contributed by atoms with E-state index in [1.54, 1.807) is 30.6 Å². The van der Waals surface area contributed by atoms with E-state index >= 15 is 0 Å². The zero-order chi connectivity index (χ0) is 19.5. The molecule has 0 radical (unpaired) electrons. The van der Waals surface area contributed by atoms with E-state index in [-0.39, 0.29) is 6.54 Å². The predicted octanol–water partition coefficient (Wildman–Crippen LogP) is 3.64. The Morgan fingerprint density at radius 1 is 1.00 bits per heavy atom. The Bertz CT molecular complexity index is 1020. The molecule has 0 saturated heterocycles. The maximum Gasteiger partial charge on any atom is 0.416 e. The smallest absolute Gasteiger partial charge is 0.264 e. The molecule has 2 aromatic heterocycles. The lowest BCUT2D eigenvalue weighted by Crippen LogP contribution is -2.23. The maximum atomic E-state index is 12.8. The van der Waals surface area contributed by atoms with E-state index in [4.69, 9.17) is 0 Å². The summed E-state index contributed by atoms with van der Waals surface area (Å²) in [5.74, 6) is 0. The van der Waals surface area contributed by atoms with Crippen LogP contribution in [-0.2, 0) is 22.7 Å². The standard InChI is InChI=1S/C18H14F3N3O2S/c19-18(20,21)15-4-1-5-16(9-15)27(25,26)24-11-13-6-7-17(23-10-13)14-3-2-8-22-12-14/h1-10,12,24H,11H2. The lowest BCUT2D eigenvalue weighted by Gasteiger charge is -2.10. The van der Waals surface area contributed by atoms with Crippen LogP contribution in [0.3, 0.4) is 0 Å². The van der Waals surface area contributed by atoms with Crippen molar-refractivity contribution < 1.29 is 21.6 Å². The third kappa shape index (κ3) is 4.69. The molecular weight excluding hydrogens is 379 g/mol. The fourth-order valence-electron chi connectivity index (χ4n) is 2.32. The molecule has 0 fully saturated rings. The summed E-state index contributed by atoms with van der Waals surface area (Å²) in [5.41, 5.74) is 1.03. The van der Waals surface area contributed by atoms with E-state index in [1.807, 2.05) is 6.07 Å². The van der Waals surface area contributed by atoms with Crippen molar-refractivity contribution in [2.45, 2.75) is 17.6 Å². The van der Waals surface area contributed by atoms with Crippen LogP contribution in [0.5, 0.6) is 0 Å². The van der Waals surface area contributed by atoms with Crippen LogP contribution in [0.1, 0.15) is 11.1 Å².